The van der Waals surface area contributed by atoms with Gasteiger partial charge < -0.3 is 19.3 Å². The molecule has 0 aliphatic heterocycles. The van der Waals surface area contributed by atoms with Crippen LogP contribution in [0, 0.1) is 0 Å². The number of nitrogens with one attached hydrogen (secondary N) is 1. The second-order valence-corrected chi connectivity index (χ2v) is 5.66. The van der Waals surface area contributed by atoms with Gasteiger partial charge in [-0.1, -0.05) is 23.4 Å². The number of hydrogen-bond acceptors (Lipinski definition) is 6. The van der Waals surface area contributed by atoms with Crippen molar-refractivity contribution < 1.29 is 14.0 Å². The van der Waals surface area contributed by atoms with Crippen molar-refractivity contribution in [3.8, 4) is 11.5 Å². The van der Waals surface area contributed by atoms with Gasteiger partial charge in [0.05, 0.1) is 19.0 Å². The molecule has 0 fully saturated rings. The summed E-state index contributed by atoms with van der Waals surface area (Å²) in [4.78, 5) is 4.10. The highest BCUT2D eigenvalue weighted by molar-refractivity contribution is 5.95. The molecule has 130 valence electrons. The Hall–Kier alpha value is -3.54. The third kappa shape index (κ3) is 3.30. The number of rotatable bonds is 6. The predicted octanol–water partition coefficient (Wildman–Crippen LogP) is 4.55. The lowest BCUT2D eigenvalue weighted by atomic mass is 10.2. The normalized spacial score (nSPS) is 10.7. The number of aromatic nitrogens is 2. The van der Waals surface area contributed by atoms with E-state index in [-0.39, 0.29) is 0 Å². The molecule has 4 aromatic rings. The van der Waals surface area contributed by atoms with E-state index in [9.17, 15) is 0 Å². The standard InChI is InChI=1S/C20H17N3O3/c1-24-16-9-7-14(8-10-16)13-25-17-5-2-6-18-19(17)20(23-26-18)22-15-4-3-11-21-12-15/h2-12H,13H2,1H3,(H,22,23). The molecule has 0 unspecified atom stereocenters. The Bertz CT molecular complexity index is 998. The van der Waals surface area contributed by atoms with E-state index in [0.717, 1.165) is 22.4 Å². The van der Waals surface area contributed by atoms with Crippen LogP contribution in [0.5, 0.6) is 11.5 Å². The van der Waals surface area contributed by atoms with Gasteiger partial charge in [0.25, 0.3) is 0 Å². The highest BCUT2D eigenvalue weighted by atomic mass is 16.5. The highest BCUT2D eigenvalue weighted by Gasteiger charge is 2.14. The third-order valence-corrected chi connectivity index (χ3v) is 3.94. The molecule has 2 heterocycles. The van der Waals surface area contributed by atoms with E-state index in [1.807, 2.05) is 54.6 Å². The number of pyridine rings is 1. The van der Waals surface area contributed by atoms with Crippen molar-refractivity contribution in [3.05, 3.63) is 72.6 Å². The highest BCUT2D eigenvalue weighted by Crippen LogP contribution is 2.34. The van der Waals surface area contributed by atoms with E-state index in [0.29, 0.717) is 23.8 Å². The molecule has 0 saturated heterocycles. The van der Waals surface area contributed by atoms with Crippen molar-refractivity contribution in [3.63, 3.8) is 0 Å². The minimum Gasteiger partial charge on any atom is -0.497 e. The zero-order chi connectivity index (χ0) is 17.8. The summed E-state index contributed by atoms with van der Waals surface area (Å²) in [6, 6.07) is 17.2. The van der Waals surface area contributed by atoms with Crippen LogP contribution in [0.3, 0.4) is 0 Å². The van der Waals surface area contributed by atoms with Gasteiger partial charge in [0.2, 0.25) is 0 Å². The van der Waals surface area contributed by atoms with Crippen molar-refractivity contribution in [2.45, 2.75) is 6.61 Å². The van der Waals surface area contributed by atoms with Crippen molar-refractivity contribution in [2.75, 3.05) is 12.4 Å². The molecule has 0 radical (unpaired) electrons. The fraction of sp³-hybridized carbons (Fsp3) is 0.100. The first-order chi connectivity index (χ1) is 12.8. The van der Waals surface area contributed by atoms with Crippen LogP contribution in [0.2, 0.25) is 0 Å². The number of benzene rings is 2. The first-order valence-electron chi connectivity index (χ1n) is 8.14. The molecule has 0 spiro atoms. The quantitative estimate of drug-likeness (QED) is 0.552. The second kappa shape index (κ2) is 7.14. The Labute approximate surface area is 150 Å². The molecule has 2 aromatic carbocycles. The Morgan fingerprint density at radius 1 is 1.04 bits per heavy atom. The maximum absolute atomic E-state index is 6.02. The first-order valence-corrected chi connectivity index (χ1v) is 8.14. The number of methoxy groups -OCH3 is 1. The van der Waals surface area contributed by atoms with E-state index >= 15 is 0 Å². The Morgan fingerprint density at radius 2 is 1.92 bits per heavy atom. The average Bonchev–Trinajstić information content (AvgIpc) is 3.11. The van der Waals surface area contributed by atoms with Gasteiger partial charge in [-0.2, -0.15) is 0 Å². The van der Waals surface area contributed by atoms with Crippen molar-refractivity contribution in [1.82, 2.24) is 10.1 Å². The summed E-state index contributed by atoms with van der Waals surface area (Å²) in [6.07, 6.45) is 3.44. The fourth-order valence-electron chi connectivity index (χ4n) is 2.62. The van der Waals surface area contributed by atoms with E-state index in [1.165, 1.54) is 0 Å². The van der Waals surface area contributed by atoms with Gasteiger partial charge in [0, 0.05) is 6.20 Å². The SMILES string of the molecule is COc1ccc(COc2cccc3onc(Nc4cccnc4)c23)cc1. The average molecular weight is 347 g/mol. The van der Waals surface area contributed by atoms with Gasteiger partial charge in [0.1, 0.15) is 23.5 Å². The zero-order valence-corrected chi connectivity index (χ0v) is 14.2. The molecule has 4 rings (SSSR count). The van der Waals surface area contributed by atoms with E-state index in [4.69, 9.17) is 14.0 Å². The molecule has 2 aromatic heterocycles. The molecule has 0 amide bonds. The first kappa shape index (κ1) is 16.0. The second-order valence-electron chi connectivity index (χ2n) is 5.66. The van der Waals surface area contributed by atoms with Gasteiger partial charge in [-0.25, -0.2) is 0 Å². The molecule has 1 N–H and O–H groups in total. The summed E-state index contributed by atoms with van der Waals surface area (Å²) < 4.78 is 16.6. The van der Waals surface area contributed by atoms with Crippen LogP contribution in [-0.4, -0.2) is 17.3 Å². The molecular weight excluding hydrogens is 330 g/mol. The molecule has 0 saturated carbocycles. The minimum absolute atomic E-state index is 0.431. The van der Waals surface area contributed by atoms with Crippen LogP contribution in [0.1, 0.15) is 5.56 Å². The lowest BCUT2D eigenvalue weighted by Gasteiger charge is -2.09. The maximum Gasteiger partial charge on any atom is 0.185 e. The van der Waals surface area contributed by atoms with Gasteiger partial charge in [-0.05, 0) is 42.0 Å². The van der Waals surface area contributed by atoms with Crippen molar-refractivity contribution in [1.29, 1.82) is 0 Å². The van der Waals surface area contributed by atoms with Crippen molar-refractivity contribution in [2.24, 2.45) is 0 Å². The summed E-state index contributed by atoms with van der Waals surface area (Å²) in [5, 5.41) is 8.13. The van der Waals surface area contributed by atoms with Crippen LogP contribution in [0.15, 0.2) is 71.5 Å². The number of anilines is 2. The van der Waals surface area contributed by atoms with Gasteiger partial charge >= 0.3 is 0 Å². The van der Waals surface area contributed by atoms with E-state index in [2.05, 4.69) is 15.5 Å². The third-order valence-electron chi connectivity index (χ3n) is 3.94. The fourth-order valence-corrected chi connectivity index (χ4v) is 2.62. The molecule has 26 heavy (non-hydrogen) atoms. The summed E-state index contributed by atoms with van der Waals surface area (Å²) in [5.74, 6) is 2.11. The predicted molar refractivity (Wildman–Crippen MR) is 98.9 cm³/mol. The Kier molecular flexibility index (Phi) is 4.38. The van der Waals surface area contributed by atoms with Crippen LogP contribution >= 0.6 is 0 Å². The molecule has 0 atom stereocenters. The van der Waals surface area contributed by atoms with E-state index < -0.39 is 0 Å². The molecule has 0 bridgehead atoms. The van der Waals surface area contributed by atoms with Gasteiger partial charge in [0.15, 0.2) is 11.4 Å². The number of hydrogen-bond donors (Lipinski definition) is 1. The van der Waals surface area contributed by atoms with Gasteiger partial charge in [-0.3, -0.25) is 4.98 Å². The zero-order valence-electron chi connectivity index (χ0n) is 14.2. The minimum atomic E-state index is 0.431. The molecule has 0 aliphatic rings. The molecule has 0 aliphatic carbocycles. The van der Waals surface area contributed by atoms with E-state index in [1.54, 1.807) is 19.5 Å². The Morgan fingerprint density at radius 3 is 2.69 bits per heavy atom. The van der Waals surface area contributed by atoms with Crippen LogP contribution in [0.25, 0.3) is 11.0 Å². The topological polar surface area (TPSA) is 69.4 Å². The monoisotopic (exact) mass is 347 g/mol. The lowest BCUT2D eigenvalue weighted by Crippen LogP contribution is -1.97. The van der Waals surface area contributed by atoms with Crippen LogP contribution in [-0.2, 0) is 6.61 Å². The molecule has 6 heteroatoms. The lowest BCUT2D eigenvalue weighted by molar-refractivity contribution is 0.309. The summed E-state index contributed by atoms with van der Waals surface area (Å²) >= 11 is 0. The maximum atomic E-state index is 6.02. The summed E-state index contributed by atoms with van der Waals surface area (Å²) in [7, 11) is 1.65. The van der Waals surface area contributed by atoms with Crippen molar-refractivity contribution >= 4 is 22.5 Å². The van der Waals surface area contributed by atoms with Gasteiger partial charge in [-0.15, -0.1) is 0 Å². The smallest absolute Gasteiger partial charge is 0.185 e. The summed E-state index contributed by atoms with van der Waals surface area (Å²) in [6.45, 7) is 0.431. The largest absolute Gasteiger partial charge is 0.497 e. The number of fused-ring (bicyclic) bond motifs is 1. The molecule has 6 nitrogen and oxygen atoms in total. The molecular formula is C20H17N3O3. The van der Waals surface area contributed by atoms with Crippen LogP contribution < -0.4 is 14.8 Å². The Balaban J connectivity index is 1.59. The summed E-state index contributed by atoms with van der Waals surface area (Å²) in [5.41, 5.74) is 2.53. The number of nitrogens with zero attached hydrogens (tertiary/aromatic N) is 2. The van der Waals surface area contributed by atoms with Crippen LogP contribution in [0.4, 0.5) is 11.5 Å². The number of ether oxygens (including phenoxy) is 2.